The second-order valence-corrected chi connectivity index (χ2v) is 15.6. The first kappa shape index (κ1) is 36.0. The van der Waals surface area contributed by atoms with Crippen molar-refractivity contribution in [2.75, 3.05) is 0 Å². The summed E-state index contributed by atoms with van der Waals surface area (Å²) in [6.45, 7) is 0. The fraction of sp³-hybridized carbons (Fsp3) is 0. The topological polar surface area (TPSA) is 90.2 Å². The van der Waals surface area contributed by atoms with Crippen molar-refractivity contribution in [1.82, 2.24) is 34.9 Å². The second-order valence-electron chi connectivity index (χ2n) is 14.6. The zero-order valence-electron chi connectivity index (χ0n) is 32.6. The van der Waals surface area contributed by atoms with E-state index in [0.29, 0.717) is 34.9 Å². The van der Waals surface area contributed by atoms with Crippen LogP contribution in [0.2, 0.25) is 0 Å². The predicted molar refractivity (Wildman–Crippen MR) is 247 cm³/mol. The molecular weight excluding hydrogens is 767 g/mol. The molecule has 11 rings (SSSR count). The molecule has 0 aliphatic rings. The molecule has 0 radical (unpaired) electrons. The van der Waals surface area contributed by atoms with Crippen LogP contribution in [0.25, 0.3) is 111 Å². The third-order valence-electron chi connectivity index (χ3n) is 10.6. The first-order valence-electron chi connectivity index (χ1n) is 20.0. The van der Waals surface area contributed by atoms with Crippen molar-refractivity contribution >= 4 is 31.5 Å². The number of hydrogen-bond acceptors (Lipinski definition) is 8. The van der Waals surface area contributed by atoms with Crippen LogP contribution in [0.15, 0.2) is 200 Å². The largest absolute Gasteiger partial charge is 0.256 e. The molecule has 7 aromatic carbocycles. The molecular formula is C53H33N7S. The molecule has 286 valence electrons. The maximum atomic E-state index is 5.10. The van der Waals surface area contributed by atoms with Crippen molar-refractivity contribution in [3.05, 3.63) is 200 Å². The van der Waals surface area contributed by atoms with Crippen molar-refractivity contribution < 1.29 is 0 Å². The Morgan fingerprint density at radius 1 is 0.295 bits per heavy atom. The zero-order valence-corrected chi connectivity index (χ0v) is 33.4. The lowest BCUT2D eigenvalue weighted by molar-refractivity contribution is 1.07. The maximum Gasteiger partial charge on any atom is 0.164 e. The van der Waals surface area contributed by atoms with Gasteiger partial charge in [0.1, 0.15) is 0 Å². The highest BCUT2D eigenvalue weighted by Crippen LogP contribution is 2.42. The fourth-order valence-electron chi connectivity index (χ4n) is 7.63. The summed E-state index contributed by atoms with van der Waals surface area (Å²) in [7, 11) is 0. The lowest BCUT2D eigenvalue weighted by atomic mass is 10.00. The summed E-state index contributed by atoms with van der Waals surface area (Å²) in [6, 6.07) is 65.9. The number of thiophene rings is 1. The summed E-state index contributed by atoms with van der Waals surface area (Å²) < 4.78 is 2.35. The molecule has 8 heteroatoms. The van der Waals surface area contributed by atoms with Gasteiger partial charge in [-0.2, -0.15) is 0 Å². The molecule has 61 heavy (non-hydrogen) atoms. The second kappa shape index (κ2) is 15.6. The minimum absolute atomic E-state index is 0.597. The summed E-state index contributed by atoms with van der Waals surface area (Å²) in [6.07, 6.45) is 1.81. The Hall–Kier alpha value is -8.07. The van der Waals surface area contributed by atoms with Crippen LogP contribution >= 0.6 is 11.3 Å². The van der Waals surface area contributed by atoms with E-state index in [1.807, 2.05) is 121 Å². The number of hydrogen-bond donors (Lipinski definition) is 0. The quantitative estimate of drug-likeness (QED) is 0.151. The maximum absolute atomic E-state index is 5.10. The van der Waals surface area contributed by atoms with Crippen LogP contribution in [0, 0.1) is 0 Å². The molecule has 0 unspecified atom stereocenters. The first-order valence-corrected chi connectivity index (χ1v) is 20.8. The van der Waals surface area contributed by atoms with Gasteiger partial charge in [0, 0.05) is 65.3 Å². The summed E-state index contributed by atoms with van der Waals surface area (Å²) in [5.41, 5.74) is 9.63. The number of nitrogens with zero attached hydrogens (tertiary/aromatic N) is 7. The number of fused-ring (bicyclic) bond motifs is 3. The van der Waals surface area contributed by atoms with E-state index in [1.165, 1.54) is 15.5 Å². The number of benzene rings is 7. The van der Waals surface area contributed by atoms with Gasteiger partial charge < -0.3 is 0 Å². The molecule has 0 atom stereocenters. The Balaban J connectivity index is 1.000. The van der Waals surface area contributed by atoms with Gasteiger partial charge in [0.25, 0.3) is 0 Å². The normalized spacial score (nSPS) is 11.3. The molecule has 0 saturated carbocycles. The Bertz CT molecular complexity index is 3300. The van der Waals surface area contributed by atoms with Crippen molar-refractivity contribution in [3.63, 3.8) is 0 Å². The van der Waals surface area contributed by atoms with Crippen LogP contribution in [-0.4, -0.2) is 34.9 Å². The molecule has 0 fully saturated rings. The van der Waals surface area contributed by atoms with Crippen molar-refractivity contribution in [2.24, 2.45) is 0 Å². The van der Waals surface area contributed by atoms with Gasteiger partial charge in [0.2, 0.25) is 0 Å². The third kappa shape index (κ3) is 7.11. The Morgan fingerprint density at radius 2 is 0.738 bits per heavy atom. The molecule has 0 N–H and O–H groups in total. The number of rotatable bonds is 8. The van der Waals surface area contributed by atoms with Crippen LogP contribution in [0.1, 0.15) is 0 Å². The highest BCUT2D eigenvalue weighted by molar-refractivity contribution is 7.26. The lowest BCUT2D eigenvalue weighted by Crippen LogP contribution is -2.00. The van der Waals surface area contributed by atoms with E-state index in [1.54, 1.807) is 17.5 Å². The highest BCUT2D eigenvalue weighted by Gasteiger charge is 2.18. The van der Waals surface area contributed by atoms with Crippen LogP contribution in [-0.2, 0) is 0 Å². The molecule has 11 aromatic rings. The van der Waals surface area contributed by atoms with E-state index < -0.39 is 0 Å². The minimum atomic E-state index is 0.597. The summed E-state index contributed by atoms with van der Waals surface area (Å²) in [5.74, 6) is 3.73. The van der Waals surface area contributed by atoms with E-state index >= 15 is 0 Å². The monoisotopic (exact) mass is 799 g/mol. The van der Waals surface area contributed by atoms with Gasteiger partial charge in [-0.1, -0.05) is 164 Å². The third-order valence-corrected chi connectivity index (χ3v) is 11.8. The average molecular weight is 800 g/mol. The molecule has 0 amide bonds. The van der Waals surface area contributed by atoms with Gasteiger partial charge in [-0.05, 0) is 41.5 Å². The lowest BCUT2D eigenvalue weighted by Gasteiger charge is -2.11. The molecule has 0 saturated heterocycles. The molecule has 4 heterocycles. The van der Waals surface area contributed by atoms with Crippen LogP contribution < -0.4 is 0 Å². The van der Waals surface area contributed by atoms with E-state index in [2.05, 4.69) is 77.8 Å². The van der Waals surface area contributed by atoms with Crippen molar-refractivity contribution in [2.45, 2.75) is 0 Å². The van der Waals surface area contributed by atoms with Gasteiger partial charge in [-0.15, -0.1) is 11.3 Å². The van der Waals surface area contributed by atoms with Crippen LogP contribution in [0.4, 0.5) is 0 Å². The number of aromatic nitrogens is 7. The predicted octanol–water partition coefficient (Wildman–Crippen LogP) is 13.2. The van der Waals surface area contributed by atoms with Gasteiger partial charge in [0.15, 0.2) is 34.9 Å². The molecule has 0 bridgehead atoms. The average Bonchev–Trinajstić information content (AvgIpc) is 3.73. The SMILES string of the molecule is c1ccc(-c2nc(-c3cccc(-c4ccccn4)c3)nc(-c3cccc(-c4cccc5c4sc4cc(-c6nc(-c7ccccc7)nc(-c7ccccc7)n6)ccc45)c3)n2)cc1. The minimum Gasteiger partial charge on any atom is -0.256 e. The van der Waals surface area contributed by atoms with Gasteiger partial charge in [-0.3, -0.25) is 4.98 Å². The number of pyridine rings is 1. The van der Waals surface area contributed by atoms with Gasteiger partial charge >= 0.3 is 0 Å². The standard InChI is InChI=1S/C53H33N7S/c1-4-15-34(16-5-1)48-55-49(35-17-6-2-7-18-35)59-53(58-48)41-28-29-43-44-26-14-25-42(47(44)61-46(43)33-41)37-21-12-23-39(31-37)51-56-50(36-19-8-3-9-20-36)57-52(60-51)40-24-13-22-38(32-40)45-27-10-11-30-54-45/h1-33H. The van der Waals surface area contributed by atoms with Crippen LogP contribution in [0.5, 0.6) is 0 Å². The zero-order chi connectivity index (χ0) is 40.5. The first-order chi connectivity index (χ1) is 30.2. The Kier molecular flexibility index (Phi) is 9.22. The van der Waals surface area contributed by atoms with Crippen LogP contribution in [0.3, 0.4) is 0 Å². The highest BCUT2D eigenvalue weighted by atomic mass is 32.1. The van der Waals surface area contributed by atoms with E-state index in [9.17, 15) is 0 Å². The van der Waals surface area contributed by atoms with Crippen molar-refractivity contribution in [1.29, 1.82) is 0 Å². The van der Waals surface area contributed by atoms with E-state index in [-0.39, 0.29) is 0 Å². The smallest absolute Gasteiger partial charge is 0.164 e. The summed E-state index contributed by atoms with van der Waals surface area (Å²) in [5, 5.41) is 2.38. The molecule has 7 nitrogen and oxygen atoms in total. The molecule has 0 aliphatic heterocycles. The molecule has 4 aromatic heterocycles. The Labute approximate surface area is 355 Å². The molecule has 0 spiro atoms. The summed E-state index contributed by atoms with van der Waals surface area (Å²) >= 11 is 1.78. The molecule has 0 aliphatic carbocycles. The Morgan fingerprint density at radius 3 is 1.28 bits per heavy atom. The fourth-order valence-corrected chi connectivity index (χ4v) is 8.91. The van der Waals surface area contributed by atoms with E-state index in [4.69, 9.17) is 29.9 Å². The summed E-state index contributed by atoms with van der Waals surface area (Å²) in [4.78, 5) is 34.6. The van der Waals surface area contributed by atoms with Crippen molar-refractivity contribution in [3.8, 4) is 90.7 Å². The van der Waals surface area contributed by atoms with Gasteiger partial charge in [0.05, 0.1) is 5.69 Å². The van der Waals surface area contributed by atoms with E-state index in [0.717, 1.165) is 60.5 Å². The van der Waals surface area contributed by atoms with Gasteiger partial charge in [-0.25, -0.2) is 29.9 Å².